The quantitative estimate of drug-likeness (QED) is 0.306. The van der Waals surface area contributed by atoms with Gasteiger partial charge in [0.2, 0.25) is 5.91 Å². The zero-order valence-electron chi connectivity index (χ0n) is 19.0. The van der Waals surface area contributed by atoms with Crippen molar-refractivity contribution in [3.8, 4) is 5.75 Å². The van der Waals surface area contributed by atoms with Gasteiger partial charge in [0.05, 0.1) is 18.0 Å². The average molecular weight is 449 g/mol. The predicted molar refractivity (Wildman–Crippen MR) is 123 cm³/mol. The lowest BCUT2D eigenvalue weighted by atomic mass is 9.92. The predicted octanol–water partition coefficient (Wildman–Crippen LogP) is 4.08. The number of hydrogen-bond donors (Lipinski definition) is 2. The van der Waals surface area contributed by atoms with Crippen LogP contribution in [0.2, 0.25) is 0 Å². The van der Waals surface area contributed by atoms with Gasteiger partial charge in [-0.3, -0.25) is 19.8 Å². The molecule has 1 heterocycles. The Morgan fingerprint density at radius 2 is 1.97 bits per heavy atom. The van der Waals surface area contributed by atoms with Crippen LogP contribution in [0.1, 0.15) is 37.1 Å². The normalized spacial score (nSPS) is 19.4. The van der Waals surface area contributed by atoms with Crippen molar-refractivity contribution in [1.29, 1.82) is 0 Å². The van der Waals surface area contributed by atoms with Gasteiger partial charge in [-0.1, -0.05) is 44.2 Å². The SMILES string of the molecule is Cc1cc(COc2cccc(C3(C(=O)OCC(C)C)CC3C(=O)NO)c2)c2ccccc2n1. The van der Waals surface area contributed by atoms with E-state index in [9.17, 15) is 9.59 Å². The van der Waals surface area contributed by atoms with Gasteiger partial charge in [0.1, 0.15) is 17.8 Å². The first kappa shape index (κ1) is 22.7. The summed E-state index contributed by atoms with van der Waals surface area (Å²) in [6.45, 7) is 6.44. The molecule has 0 aliphatic heterocycles. The van der Waals surface area contributed by atoms with E-state index in [4.69, 9.17) is 14.7 Å². The second kappa shape index (κ2) is 9.19. The summed E-state index contributed by atoms with van der Waals surface area (Å²) in [7, 11) is 0. The van der Waals surface area contributed by atoms with Crippen LogP contribution < -0.4 is 10.2 Å². The minimum absolute atomic E-state index is 0.170. The molecule has 0 spiro atoms. The van der Waals surface area contributed by atoms with E-state index in [0.717, 1.165) is 22.2 Å². The van der Waals surface area contributed by atoms with Crippen molar-refractivity contribution in [2.75, 3.05) is 6.61 Å². The minimum atomic E-state index is -1.12. The van der Waals surface area contributed by atoms with Gasteiger partial charge in [0, 0.05) is 16.6 Å². The molecule has 172 valence electrons. The molecule has 0 saturated heterocycles. The van der Waals surface area contributed by atoms with Crippen molar-refractivity contribution in [3.63, 3.8) is 0 Å². The van der Waals surface area contributed by atoms with Crippen LogP contribution in [0.25, 0.3) is 10.9 Å². The van der Waals surface area contributed by atoms with Crippen molar-refractivity contribution in [2.45, 2.75) is 39.2 Å². The highest BCUT2D eigenvalue weighted by Gasteiger charge is 2.66. The third-order valence-electron chi connectivity index (χ3n) is 5.97. The number of ether oxygens (including phenoxy) is 2. The van der Waals surface area contributed by atoms with Gasteiger partial charge in [-0.15, -0.1) is 0 Å². The highest BCUT2D eigenvalue weighted by molar-refractivity contribution is 5.98. The van der Waals surface area contributed by atoms with Crippen LogP contribution in [0.4, 0.5) is 0 Å². The van der Waals surface area contributed by atoms with E-state index in [-0.39, 0.29) is 18.9 Å². The lowest BCUT2D eigenvalue weighted by Crippen LogP contribution is -2.32. The maximum absolute atomic E-state index is 13.0. The largest absolute Gasteiger partial charge is 0.489 e. The summed E-state index contributed by atoms with van der Waals surface area (Å²) in [4.78, 5) is 29.7. The highest BCUT2D eigenvalue weighted by atomic mass is 16.5. The summed E-state index contributed by atoms with van der Waals surface area (Å²) in [6.07, 6.45) is 0.272. The molecule has 0 radical (unpaired) electrons. The number of aromatic nitrogens is 1. The van der Waals surface area contributed by atoms with Gasteiger partial charge >= 0.3 is 5.97 Å². The number of carbonyl (C=O) groups is 2. The van der Waals surface area contributed by atoms with Crippen LogP contribution in [-0.2, 0) is 26.3 Å². The van der Waals surface area contributed by atoms with Gasteiger partial charge in [-0.25, -0.2) is 5.48 Å². The Morgan fingerprint density at radius 3 is 2.73 bits per heavy atom. The lowest BCUT2D eigenvalue weighted by molar-refractivity contribution is -0.150. The molecular formula is C26H28N2O5. The monoisotopic (exact) mass is 448 g/mol. The Bertz CT molecular complexity index is 1190. The number of fused-ring (bicyclic) bond motifs is 1. The summed E-state index contributed by atoms with van der Waals surface area (Å²) in [5.41, 5.74) is 4.01. The van der Waals surface area contributed by atoms with Gasteiger partial charge in [-0.05, 0) is 49.1 Å². The Balaban J connectivity index is 1.59. The number of nitrogens with one attached hydrogen (secondary N) is 1. The Labute approximate surface area is 192 Å². The first-order valence-electron chi connectivity index (χ1n) is 11.0. The molecule has 4 rings (SSSR count). The Kier molecular flexibility index (Phi) is 6.33. The molecule has 2 N–H and O–H groups in total. The van der Waals surface area contributed by atoms with E-state index in [1.165, 1.54) is 0 Å². The summed E-state index contributed by atoms with van der Waals surface area (Å²) in [5, 5.41) is 10.1. The molecular weight excluding hydrogens is 420 g/mol. The zero-order chi connectivity index (χ0) is 23.6. The van der Waals surface area contributed by atoms with Crippen molar-refractivity contribution >= 4 is 22.8 Å². The van der Waals surface area contributed by atoms with Crippen molar-refractivity contribution in [1.82, 2.24) is 10.5 Å². The first-order valence-corrected chi connectivity index (χ1v) is 11.0. The number of hydroxylamine groups is 1. The summed E-state index contributed by atoms with van der Waals surface area (Å²) in [5.74, 6) is -0.997. The van der Waals surface area contributed by atoms with Crippen LogP contribution in [-0.4, -0.2) is 28.7 Å². The molecule has 1 fully saturated rings. The third kappa shape index (κ3) is 4.54. The molecule has 33 heavy (non-hydrogen) atoms. The molecule has 7 nitrogen and oxygen atoms in total. The van der Waals surface area contributed by atoms with Gasteiger partial charge in [-0.2, -0.15) is 0 Å². The maximum atomic E-state index is 13.0. The molecule has 1 saturated carbocycles. The molecule has 2 aromatic carbocycles. The number of rotatable bonds is 8. The molecule has 1 amide bonds. The molecule has 7 heteroatoms. The fraction of sp³-hybridized carbons (Fsp3) is 0.346. The maximum Gasteiger partial charge on any atom is 0.317 e. The number of nitrogens with zero attached hydrogens (tertiary/aromatic N) is 1. The second-order valence-electron chi connectivity index (χ2n) is 8.95. The molecule has 0 bridgehead atoms. The molecule has 2 unspecified atom stereocenters. The Morgan fingerprint density at radius 1 is 1.18 bits per heavy atom. The zero-order valence-corrected chi connectivity index (χ0v) is 19.0. The number of para-hydroxylation sites is 1. The number of aryl methyl sites for hydroxylation is 1. The Hall–Kier alpha value is -3.45. The molecule has 2 atom stereocenters. The van der Waals surface area contributed by atoms with Crippen LogP contribution in [0.5, 0.6) is 5.75 Å². The van der Waals surface area contributed by atoms with E-state index in [2.05, 4.69) is 4.98 Å². The van der Waals surface area contributed by atoms with Gasteiger partial charge in [0.15, 0.2) is 0 Å². The van der Waals surface area contributed by atoms with E-state index >= 15 is 0 Å². The van der Waals surface area contributed by atoms with E-state index in [0.29, 0.717) is 17.9 Å². The van der Waals surface area contributed by atoms with Crippen LogP contribution in [0.15, 0.2) is 54.6 Å². The number of esters is 1. The number of benzene rings is 2. The van der Waals surface area contributed by atoms with Crippen molar-refractivity contribution in [3.05, 3.63) is 71.4 Å². The standard InChI is InChI=1S/C26H28N2O5/c1-16(2)14-33-25(30)26(13-22(26)24(29)28-31)19-7-6-8-20(12-19)32-15-18-11-17(3)27-23-10-5-4-9-21(18)23/h4-12,16,22,31H,13-15H2,1-3H3,(H,28,29). The van der Waals surface area contributed by atoms with Crippen molar-refractivity contribution < 1.29 is 24.3 Å². The smallest absolute Gasteiger partial charge is 0.317 e. The molecule has 3 aromatic rings. The fourth-order valence-electron chi connectivity index (χ4n) is 4.23. The highest BCUT2D eigenvalue weighted by Crippen LogP contribution is 2.55. The van der Waals surface area contributed by atoms with E-state index < -0.39 is 23.2 Å². The molecule has 1 aliphatic carbocycles. The summed E-state index contributed by atoms with van der Waals surface area (Å²) >= 11 is 0. The number of pyridine rings is 1. The van der Waals surface area contributed by atoms with E-state index in [1.54, 1.807) is 23.7 Å². The fourth-order valence-corrected chi connectivity index (χ4v) is 4.23. The van der Waals surface area contributed by atoms with Gasteiger partial charge < -0.3 is 9.47 Å². The average Bonchev–Trinajstić information content (AvgIpc) is 3.57. The lowest BCUT2D eigenvalue weighted by Gasteiger charge is -2.19. The number of amides is 1. The third-order valence-corrected chi connectivity index (χ3v) is 5.97. The number of carbonyl (C=O) groups excluding carboxylic acids is 2. The molecule has 1 aliphatic rings. The van der Waals surface area contributed by atoms with E-state index in [1.807, 2.05) is 57.2 Å². The van der Waals surface area contributed by atoms with Gasteiger partial charge in [0.25, 0.3) is 0 Å². The summed E-state index contributed by atoms with van der Waals surface area (Å²) in [6, 6.07) is 17.1. The van der Waals surface area contributed by atoms with Crippen LogP contribution in [0, 0.1) is 18.8 Å². The number of hydrogen-bond acceptors (Lipinski definition) is 6. The van der Waals surface area contributed by atoms with Crippen molar-refractivity contribution in [2.24, 2.45) is 11.8 Å². The summed E-state index contributed by atoms with van der Waals surface area (Å²) < 4.78 is 11.6. The van der Waals surface area contributed by atoms with Crippen LogP contribution >= 0.6 is 0 Å². The minimum Gasteiger partial charge on any atom is -0.489 e. The second-order valence-corrected chi connectivity index (χ2v) is 8.95. The topological polar surface area (TPSA) is 97.8 Å². The van der Waals surface area contributed by atoms with Crippen LogP contribution in [0.3, 0.4) is 0 Å². The first-order chi connectivity index (χ1) is 15.8. The molecule has 1 aromatic heterocycles.